The fourth-order valence-electron chi connectivity index (χ4n) is 6.51. The van der Waals surface area contributed by atoms with Crippen molar-refractivity contribution in [2.45, 2.75) is 83.6 Å². The van der Waals surface area contributed by atoms with Gasteiger partial charge in [0.15, 0.2) is 0 Å². The van der Waals surface area contributed by atoms with Crippen molar-refractivity contribution < 1.29 is 28.7 Å². The predicted octanol–water partition coefficient (Wildman–Crippen LogP) is 3.38. The fourth-order valence-corrected chi connectivity index (χ4v) is 6.51. The number of nitrogens with zero attached hydrogens (tertiary/aromatic N) is 2. The number of carbonyl (C=O) groups excluding carboxylic acids is 4. The average molecular weight is 662 g/mol. The van der Waals surface area contributed by atoms with Crippen LogP contribution >= 0.6 is 0 Å². The summed E-state index contributed by atoms with van der Waals surface area (Å²) in [7, 11) is 5.27. The van der Waals surface area contributed by atoms with Crippen LogP contribution < -0.4 is 25.4 Å². The molecule has 11 nitrogen and oxygen atoms in total. The Kier molecular flexibility index (Phi) is 12.6. The van der Waals surface area contributed by atoms with Crippen molar-refractivity contribution in [1.82, 2.24) is 25.8 Å². The van der Waals surface area contributed by atoms with Gasteiger partial charge < -0.3 is 30.3 Å². The maximum absolute atomic E-state index is 14.6. The molecule has 0 saturated carbocycles. The van der Waals surface area contributed by atoms with Gasteiger partial charge in [0, 0.05) is 31.1 Å². The first-order valence-corrected chi connectivity index (χ1v) is 16.9. The van der Waals surface area contributed by atoms with Gasteiger partial charge in [0.25, 0.3) is 0 Å². The summed E-state index contributed by atoms with van der Waals surface area (Å²) in [5, 5.41) is 8.80. The number of nitrogens with one attached hydrogen (secondary N) is 3. The lowest BCUT2D eigenvalue weighted by molar-refractivity contribution is -0.144. The number of carbonyl (C=O) groups is 4. The largest absolute Gasteiger partial charge is 0.496 e. The summed E-state index contributed by atoms with van der Waals surface area (Å²) in [6.45, 7) is 8.13. The number of amides is 4. The fraction of sp³-hybridized carbons (Fsp3) is 0.514. The Morgan fingerprint density at radius 1 is 1.06 bits per heavy atom. The van der Waals surface area contributed by atoms with Gasteiger partial charge in [0.2, 0.25) is 23.6 Å². The van der Waals surface area contributed by atoms with Crippen molar-refractivity contribution in [3.8, 4) is 11.5 Å². The summed E-state index contributed by atoms with van der Waals surface area (Å²) in [6.07, 6.45) is 4.58. The molecule has 2 aromatic carbocycles. The predicted molar refractivity (Wildman–Crippen MR) is 185 cm³/mol. The summed E-state index contributed by atoms with van der Waals surface area (Å²) in [5.41, 5.74) is 1.55. The summed E-state index contributed by atoms with van der Waals surface area (Å²) in [6, 6.07) is 11.5. The van der Waals surface area contributed by atoms with Crippen molar-refractivity contribution in [3.05, 3.63) is 65.9 Å². The molecule has 11 heteroatoms. The van der Waals surface area contributed by atoms with Gasteiger partial charge in [0.05, 0.1) is 13.2 Å². The average Bonchev–Trinajstić information content (AvgIpc) is 3.49. The molecule has 0 spiro atoms. The molecule has 1 saturated heterocycles. The second-order valence-electron chi connectivity index (χ2n) is 13.1. The van der Waals surface area contributed by atoms with Gasteiger partial charge in [-0.1, -0.05) is 70.9 Å². The normalized spacial score (nSPS) is 22.0. The van der Waals surface area contributed by atoms with E-state index in [-0.39, 0.29) is 42.5 Å². The van der Waals surface area contributed by atoms with E-state index in [0.717, 1.165) is 12.0 Å². The third-order valence-corrected chi connectivity index (χ3v) is 9.57. The molecule has 48 heavy (non-hydrogen) atoms. The molecule has 0 aromatic heterocycles. The van der Waals surface area contributed by atoms with Crippen molar-refractivity contribution in [3.63, 3.8) is 0 Å². The van der Waals surface area contributed by atoms with Crippen LogP contribution in [0.4, 0.5) is 0 Å². The number of hydrogen-bond acceptors (Lipinski definition) is 7. The zero-order valence-corrected chi connectivity index (χ0v) is 29.2. The first kappa shape index (κ1) is 36.5. The summed E-state index contributed by atoms with van der Waals surface area (Å²) >= 11 is 0. The minimum atomic E-state index is -1.05. The zero-order chi connectivity index (χ0) is 35.0. The van der Waals surface area contributed by atoms with Gasteiger partial charge in [-0.15, -0.1) is 0 Å². The van der Waals surface area contributed by atoms with Gasteiger partial charge >= 0.3 is 0 Å². The molecule has 4 rings (SSSR count). The van der Waals surface area contributed by atoms with E-state index in [1.807, 2.05) is 77.0 Å². The number of methoxy groups -OCH3 is 1. The van der Waals surface area contributed by atoms with E-state index in [4.69, 9.17) is 9.47 Å². The SMILES string of the molecule is CCC(C)C1NC(=O)C2C(CCN2C(=O)C(Cc2ccccc2)NC(=O)C(C(C)CC)N(C)C)Oc2ccc(OC)c(c2)C=CNC1=O. The van der Waals surface area contributed by atoms with Crippen molar-refractivity contribution in [1.29, 1.82) is 0 Å². The Hall–Kier alpha value is -4.38. The number of likely N-dealkylation sites (tertiary alicyclic amines) is 1. The molecule has 260 valence electrons. The Morgan fingerprint density at radius 2 is 1.79 bits per heavy atom. The minimum absolute atomic E-state index is 0.0470. The van der Waals surface area contributed by atoms with Gasteiger partial charge in [-0.3, -0.25) is 24.1 Å². The highest BCUT2D eigenvalue weighted by atomic mass is 16.5. The number of benzene rings is 2. The maximum atomic E-state index is 14.6. The smallest absolute Gasteiger partial charge is 0.247 e. The topological polar surface area (TPSA) is 129 Å². The van der Waals surface area contributed by atoms with E-state index in [1.165, 1.54) is 11.1 Å². The highest BCUT2D eigenvalue weighted by Crippen LogP contribution is 2.30. The maximum Gasteiger partial charge on any atom is 0.247 e. The molecular weight excluding hydrogens is 610 g/mol. The molecule has 3 N–H and O–H groups in total. The molecule has 2 aromatic rings. The zero-order valence-electron chi connectivity index (χ0n) is 29.2. The monoisotopic (exact) mass is 661 g/mol. The van der Waals surface area contributed by atoms with Crippen LogP contribution in [0.1, 0.15) is 58.1 Å². The highest BCUT2D eigenvalue weighted by molar-refractivity contribution is 5.96. The third-order valence-electron chi connectivity index (χ3n) is 9.57. The lowest BCUT2D eigenvalue weighted by atomic mass is 9.96. The molecule has 7 atom stereocenters. The number of hydrogen-bond donors (Lipinski definition) is 3. The molecule has 0 aliphatic carbocycles. The standard InChI is InChI=1S/C37H51N5O6/c1-8-23(3)31-34(43)38-19-17-26-22-27(15-16-29(26)47-7)48-30-18-20-42(33(30)36(45)40-31)37(46)28(21-25-13-11-10-12-14-25)39-35(44)32(41(5)6)24(4)9-2/h10-17,19,22-24,28,30-33H,8-9,18,20-21H2,1-7H3,(H,38,43)(H,39,44)(H,40,45). The molecule has 2 aliphatic rings. The van der Waals surface area contributed by atoms with Gasteiger partial charge in [-0.25, -0.2) is 0 Å². The van der Waals surface area contributed by atoms with E-state index in [2.05, 4.69) is 16.0 Å². The first-order chi connectivity index (χ1) is 23.0. The summed E-state index contributed by atoms with van der Waals surface area (Å²) in [5.74, 6) is -0.555. The van der Waals surface area contributed by atoms with Gasteiger partial charge in [-0.05, 0) is 55.8 Å². The van der Waals surface area contributed by atoms with E-state index < -0.39 is 36.2 Å². The van der Waals surface area contributed by atoms with Gasteiger partial charge in [0.1, 0.15) is 35.7 Å². The van der Waals surface area contributed by atoms with E-state index >= 15 is 0 Å². The van der Waals surface area contributed by atoms with Crippen LogP contribution in [0.15, 0.2) is 54.7 Å². The number of fused-ring (bicyclic) bond motifs is 3. The third kappa shape index (κ3) is 8.55. The Labute approximate surface area is 284 Å². The Bertz CT molecular complexity index is 1460. The quantitative estimate of drug-likeness (QED) is 0.337. The van der Waals surface area contributed by atoms with Gasteiger partial charge in [-0.2, -0.15) is 0 Å². The molecule has 0 radical (unpaired) electrons. The molecule has 7 unspecified atom stereocenters. The van der Waals surface area contributed by atoms with E-state index in [1.54, 1.807) is 31.4 Å². The second-order valence-corrected chi connectivity index (χ2v) is 13.1. The van der Waals surface area contributed by atoms with Crippen LogP contribution in [0.25, 0.3) is 6.08 Å². The van der Waals surface area contributed by atoms with Crippen molar-refractivity contribution in [2.75, 3.05) is 27.7 Å². The molecule has 1 fully saturated rings. The van der Waals surface area contributed by atoms with E-state index in [9.17, 15) is 19.2 Å². The lowest BCUT2D eigenvalue weighted by Crippen LogP contribution is -2.61. The van der Waals surface area contributed by atoms with E-state index in [0.29, 0.717) is 29.9 Å². The second kappa shape index (κ2) is 16.6. The van der Waals surface area contributed by atoms with Crippen LogP contribution in [0.3, 0.4) is 0 Å². The molecular formula is C37H51N5O6. The molecule has 2 aliphatic heterocycles. The number of likely N-dealkylation sites (N-methyl/N-ethyl adjacent to an activating group) is 1. The van der Waals surface area contributed by atoms with Crippen LogP contribution in [-0.4, -0.2) is 91.4 Å². The van der Waals surface area contributed by atoms with Crippen LogP contribution in [0.5, 0.6) is 11.5 Å². The molecule has 4 amide bonds. The van der Waals surface area contributed by atoms with Crippen molar-refractivity contribution >= 4 is 29.7 Å². The summed E-state index contributed by atoms with van der Waals surface area (Å²) in [4.78, 5) is 59.4. The van der Waals surface area contributed by atoms with Crippen LogP contribution in [0, 0.1) is 11.8 Å². The Morgan fingerprint density at radius 3 is 2.44 bits per heavy atom. The number of rotatable bonds is 11. The summed E-state index contributed by atoms with van der Waals surface area (Å²) < 4.78 is 12.0. The first-order valence-electron chi connectivity index (χ1n) is 16.9. The van der Waals surface area contributed by atoms with Crippen LogP contribution in [-0.2, 0) is 25.6 Å². The Balaban J connectivity index is 1.73. The minimum Gasteiger partial charge on any atom is -0.496 e. The highest BCUT2D eigenvalue weighted by Gasteiger charge is 2.47. The molecule has 2 heterocycles. The lowest BCUT2D eigenvalue weighted by Gasteiger charge is -2.34. The van der Waals surface area contributed by atoms with Crippen LogP contribution in [0.2, 0.25) is 0 Å². The molecule has 2 bridgehead atoms. The van der Waals surface area contributed by atoms with Crippen molar-refractivity contribution in [2.24, 2.45) is 11.8 Å². The number of ether oxygens (including phenoxy) is 2.